The minimum Gasteiger partial charge on any atom is -0.335 e. The molecule has 3 heteroatoms. The van der Waals surface area contributed by atoms with Gasteiger partial charge >= 0.3 is 6.03 Å². The third-order valence-electron chi connectivity index (χ3n) is 7.12. The maximum absolute atomic E-state index is 12.4. The molecule has 0 saturated heterocycles. The van der Waals surface area contributed by atoms with E-state index in [4.69, 9.17) is 0 Å². The monoisotopic (exact) mass is 286 g/mol. The van der Waals surface area contributed by atoms with Gasteiger partial charge in [-0.05, 0) is 80.5 Å². The van der Waals surface area contributed by atoms with E-state index in [9.17, 15) is 4.79 Å². The normalized spacial score (nSPS) is 52.4. The van der Waals surface area contributed by atoms with Crippen LogP contribution in [0.15, 0.2) is 12.2 Å². The number of carbonyl (C=O) groups excluding carboxylic acids is 1. The van der Waals surface area contributed by atoms with E-state index >= 15 is 0 Å². The molecular formula is C18H26N2O. The minimum atomic E-state index is 0.110. The summed E-state index contributed by atoms with van der Waals surface area (Å²) in [4.78, 5) is 12.4. The number of carbonyl (C=O) groups is 1. The SMILES string of the molecule is O=C(NC1CC2C=CC1C2)NC1C2CC3CC(C2)CC1C3. The average molecular weight is 286 g/mol. The zero-order valence-electron chi connectivity index (χ0n) is 12.6. The van der Waals surface area contributed by atoms with Crippen LogP contribution >= 0.6 is 0 Å². The van der Waals surface area contributed by atoms with E-state index in [0.29, 0.717) is 18.0 Å². The molecule has 3 unspecified atom stereocenters. The molecule has 6 rings (SSSR count). The van der Waals surface area contributed by atoms with Crippen molar-refractivity contribution in [2.45, 2.75) is 57.0 Å². The number of allylic oxidation sites excluding steroid dienone is 1. The lowest BCUT2D eigenvalue weighted by atomic mass is 9.54. The summed E-state index contributed by atoms with van der Waals surface area (Å²) in [5, 5.41) is 6.64. The number of fused-ring (bicyclic) bond motifs is 2. The molecule has 2 N–H and O–H groups in total. The first-order valence-electron chi connectivity index (χ1n) is 9.00. The molecule has 0 aromatic carbocycles. The van der Waals surface area contributed by atoms with Crippen LogP contribution in [0.5, 0.6) is 0 Å². The maximum Gasteiger partial charge on any atom is 0.315 e. The second-order valence-corrected chi connectivity index (χ2v) is 8.46. The largest absolute Gasteiger partial charge is 0.335 e. The van der Waals surface area contributed by atoms with Crippen molar-refractivity contribution >= 4 is 6.03 Å². The fourth-order valence-corrected chi connectivity index (χ4v) is 6.47. The predicted octanol–water partition coefficient (Wildman–Crippen LogP) is 3.07. The summed E-state index contributed by atoms with van der Waals surface area (Å²) in [6.45, 7) is 0. The van der Waals surface area contributed by atoms with Gasteiger partial charge in [-0.25, -0.2) is 4.79 Å². The van der Waals surface area contributed by atoms with E-state index in [1.54, 1.807) is 0 Å². The Kier molecular flexibility index (Phi) is 2.69. The summed E-state index contributed by atoms with van der Waals surface area (Å²) in [5.41, 5.74) is 0. The summed E-state index contributed by atoms with van der Waals surface area (Å²) in [6.07, 6.45) is 14.0. The lowest BCUT2D eigenvalue weighted by molar-refractivity contribution is -0.00955. The zero-order chi connectivity index (χ0) is 14.0. The fraction of sp³-hybridized carbons (Fsp3) is 0.833. The van der Waals surface area contributed by atoms with Gasteiger partial charge in [0.1, 0.15) is 0 Å². The van der Waals surface area contributed by atoms with Crippen LogP contribution in [0, 0.1) is 35.5 Å². The van der Waals surface area contributed by atoms with Gasteiger partial charge in [-0.3, -0.25) is 0 Å². The van der Waals surface area contributed by atoms with Crippen LogP contribution in [0.1, 0.15) is 44.9 Å². The molecule has 0 heterocycles. The first-order chi connectivity index (χ1) is 10.2. The molecular weight excluding hydrogens is 260 g/mol. The van der Waals surface area contributed by atoms with E-state index in [1.165, 1.54) is 38.5 Å². The van der Waals surface area contributed by atoms with Gasteiger partial charge in [0.2, 0.25) is 0 Å². The van der Waals surface area contributed by atoms with E-state index in [-0.39, 0.29) is 6.03 Å². The highest BCUT2D eigenvalue weighted by atomic mass is 16.2. The molecule has 5 fully saturated rings. The van der Waals surface area contributed by atoms with Gasteiger partial charge in [0.05, 0.1) is 0 Å². The highest BCUT2D eigenvalue weighted by Gasteiger charge is 2.48. The van der Waals surface area contributed by atoms with Crippen molar-refractivity contribution in [3.63, 3.8) is 0 Å². The van der Waals surface area contributed by atoms with Crippen LogP contribution in [-0.2, 0) is 0 Å². The van der Waals surface area contributed by atoms with E-state index in [0.717, 1.165) is 36.0 Å². The second-order valence-electron chi connectivity index (χ2n) is 8.46. The van der Waals surface area contributed by atoms with Crippen LogP contribution in [0.4, 0.5) is 4.79 Å². The van der Waals surface area contributed by atoms with Crippen LogP contribution in [-0.4, -0.2) is 18.1 Å². The summed E-state index contributed by atoms with van der Waals surface area (Å²) in [6, 6.07) is 0.960. The Hall–Kier alpha value is -0.990. The second kappa shape index (κ2) is 4.50. The number of urea groups is 1. The summed E-state index contributed by atoms with van der Waals surface area (Å²) in [7, 11) is 0. The van der Waals surface area contributed by atoms with Gasteiger partial charge < -0.3 is 10.6 Å². The van der Waals surface area contributed by atoms with Gasteiger partial charge in [0.15, 0.2) is 0 Å². The third-order valence-corrected chi connectivity index (χ3v) is 7.12. The van der Waals surface area contributed by atoms with Crippen LogP contribution in [0.25, 0.3) is 0 Å². The first kappa shape index (κ1) is 12.5. The molecule has 114 valence electrons. The smallest absolute Gasteiger partial charge is 0.315 e. The van der Waals surface area contributed by atoms with E-state index in [2.05, 4.69) is 22.8 Å². The predicted molar refractivity (Wildman–Crippen MR) is 81.6 cm³/mol. The lowest BCUT2D eigenvalue weighted by Gasteiger charge is -2.54. The van der Waals surface area contributed by atoms with Crippen LogP contribution < -0.4 is 10.6 Å². The number of nitrogens with one attached hydrogen (secondary N) is 2. The van der Waals surface area contributed by atoms with Gasteiger partial charge in [-0.1, -0.05) is 12.2 Å². The molecule has 6 aliphatic carbocycles. The van der Waals surface area contributed by atoms with E-state index < -0.39 is 0 Å². The quantitative estimate of drug-likeness (QED) is 0.753. The Morgan fingerprint density at radius 2 is 1.52 bits per heavy atom. The molecule has 0 spiro atoms. The molecule has 6 aliphatic rings. The highest BCUT2D eigenvalue weighted by molar-refractivity contribution is 5.75. The topological polar surface area (TPSA) is 41.1 Å². The molecule has 3 nitrogen and oxygen atoms in total. The van der Waals surface area contributed by atoms with Crippen molar-refractivity contribution in [2.24, 2.45) is 35.5 Å². The number of rotatable bonds is 2. The molecule has 5 saturated carbocycles. The van der Waals surface area contributed by atoms with Gasteiger partial charge in [-0.2, -0.15) is 0 Å². The number of amides is 2. The molecule has 21 heavy (non-hydrogen) atoms. The first-order valence-corrected chi connectivity index (χ1v) is 9.00. The van der Waals surface area contributed by atoms with Gasteiger partial charge in [0.25, 0.3) is 0 Å². The maximum atomic E-state index is 12.4. The molecule has 0 aromatic heterocycles. The Morgan fingerprint density at radius 1 is 0.810 bits per heavy atom. The Bertz CT molecular complexity index is 458. The summed E-state index contributed by atoms with van der Waals surface area (Å²) in [5.74, 6) is 4.81. The van der Waals surface area contributed by atoms with Crippen molar-refractivity contribution in [1.29, 1.82) is 0 Å². The third kappa shape index (κ3) is 2.03. The van der Waals surface area contributed by atoms with Gasteiger partial charge in [0, 0.05) is 12.1 Å². The molecule has 0 radical (unpaired) electrons. The highest BCUT2D eigenvalue weighted by Crippen LogP contribution is 2.53. The Morgan fingerprint density at radius 3 is 2.10 bits per heavy atom. The van der Waals surface area contributed by atoms with Crippen molar-refractivity contribution in [3.8, 4) is 0 Å². The van der Waals surface area contributed by atoms with Crippen LogP contribution in [0.2, 0.25) is 0 Å². The lowest BCUT2D eigenvalue weighted by Crippen LogP contribution is -2.58. The van der Waals surface area contributed by atoms with Crippen molar-refractivity contribution < 1.29 is 4.79 Å². The molecule has 0 aromatic rings. The molecule has 6 bridgehead atoms. The van der Waals surface area contributed by atoms with Crippen molar-refractivity contribution in [3.05, 3.63) is 12.2 Å². The summed E-state index contributed by atoms with van der Waals surface area (Å²) < 4.78 is 0. The number of hydrogen-bond acceptors (Lipinski definition) is 1. The standard InChI is InChI=1S/C18H26N2O/c21-18(19-16-9-10-1-2-13(16)4-10)20-17-14-5-11-3-12(7-14)8-15(17)6-11/h1-2,10-17H,3-9H2,(H2,19,20,21). The Labute approximate surface area is 126 Å². The number of hydrogen-bond donors (Lipinski definition) is 2. The molecule has 0 aliphatic heterocycles. The van der Waals surface area contributed by atoms with Gasteiger partial charge in [-0.15, -0.1) is 0 Å². The van der Waals surface area contributed by atoms with Crippen LogP contribution in [0.3, 0.4) is 0 Å². The summed E-state index contributed by atoms with van der Waals surface area (Å²) >= 11 is 0. The van der Waals surface area contributed by atoms with E-state index in [1.807, 2.05) is 0 Å². The Balaban J connectivity index is 1.22. The minimum absolute atomic E-state index is 0.110. The zero-order valence-corrected chi connectivity index (χ0v) is 12.6. The molecule has 2 amide bonds. The molecule has 3 atom stereocenters. The van der Waals surface area contributed by atoms with Crippen molar-refractivity contribution in [2.75, 3.05) is 0 Å². The van der Waals surface area contributed by atoms with Crippen molar-refractivity contribution in [1.82, 2.24) is 10.6 Å². The average Bonchev–Trinajstić information content (AvgIpc) is 3.04. The fourth-order valence-electron chi connectivity index (χ4n) is 6.47.